The number of hydrogen-bond donors (Lipinski definition) is 2. The highest BCUT2D eigenvalue weighted by molar-refractivity contribution is 5.94. The van der Waals surface area contributed by atoms with Crippen LogP contribution in [-0.2, 0) is 6.67 Å². The summed E-state index contributed by atoms with van der Waals surface area (Å²) in [5.74, 6) is -0.131. The molecule has 1 aromatic heterocycles. The summed E-state index contributed by atoms with van der Waals surface area (Å²) in [5.41, 5.74) is 6.37. The highest BCUT2D eigenvalue weighted by Crippen LogP contribution is 2.19. The first-order valence-electron chi connectivity index (χ1n) is 4.56. The van der Waals surface area contributed by atoms with Gasteiger partial charge in [0.1, 0.15) is 13.0 Å². The van der Waals surface area contributed by atoms with Crippen LogP contribution in [0.3, 0.4) is 0 Å². The fourth-order valence-corrected chi connectivity index (χ4v) is 1.39. The summed E-state index contributed by atoms with van der Waals surface area (Å²) in [6.45, 7) is -0.664. The van der Waals surface area contributed by atoms with Gasteiger partial charge in [0.2, 0.25) is 5.91 Å². The number of carbonyl (C=O) groups excluding carboxylic acids is 1. The van der Waals surface area contributed by atoms with Crippen LogP contribution in [0.25, 0.3) is 11.4 Å². The lowest BCUT2D eigenvalue weighted by Gasteiger charge is -2.03. The van der Waals surface area contributed by atoms with Gasteiger partial charge in [0.25, 0.3) is 0 Å². The van der Waals surface area contributed by atoms with Gasteiger partial charge in [-0.2, -0.15) is 5.10 Å². The molecule has 0 spiro atoms. The van der Waals surface area contributed by atoms with Crippen LogP contribution in [0.1, 0.15) is 15.9 Å². The van der Waals surface area contributed by atoms with E-state index in [1.807, 2.05) is 0 Å². The maximum absolute atomic E-state index is 12.6. The first-order chi connectivity index (χ1) is 7.70. The van der Waals surface area contributed by atoms with Crippen molar-refractivity contribution >= 4 is 5.91 Å². The van der Waals surface area contributed by atoms with Gasteiger partial charge in [-0.25, -0.2) is 9.37 Å². The maximum atomic E-state index is 12.6. The Morgan fingerprint density at radius 3 is 2.81 bits per heavy atom. The third-order valence-electron chi connectivity index (χ3n) is 2.12. The monoisotopic (exact) mass is 220 g/mol. The largest absolute Gasteiger partial charge is 0.366 e. The number of nitrogens with zero attached hydrogens (tertiary/aromatic N) is 2. The van der Waals surface area contributed by atoms with Gasteiger partial charge in [-0.15, -0.1) is 0 Å². The maximum Gasteiger partial charge on any atom is 0.248 e. The molecular weight excluding hydrogens is 211 g/mol. The second-order valence-electron chi connectivity index (χ2n) is 3.25. The molecule has 0 saturated carbocycles. The molecule has 0 aliphatic carbocycles. The number of hydrogen-bond acceptors (Lipinski definition) is 3. The SMILES string of the molecule is NC(=O)c1cc(CF)cc(-c2ncn[nH]2)c1. The van der Waals surface area contributed by atoms with Gasteiger partial charge >= 0.3 is 0 Å². The van der Waals surface area contributed by atoms with Crippen LogP contribution in [0.15, 0.2) is 24.5 Å². The van der Waals surface area contributed by atoms with Crippen LogP contribution >= 0.6 is 0 Å². The third-order valence-corrected chi connectivity index (χ3v) is 2.12. The Morgan fingerprint density at radius 1 is 1.44 bits per heavy atom. The van der Waals surface area contributed by atoms with E-state index in [9.17, 15) is 9.18 Å². The molecule has 3 N–H and O–H groups in total. The Balaban J connectivity index is 2.53. The lowest BCUT2D eigenvalue weighted by atomic mass is 10.1. The number of amides is 1. The van der Waals surface area contributed by atoms with Crippen LogP contribution in [0, 0.1) is 0 Å². The molecule has 0 bridgehead atoms. The van der Waals surface area contributed by atoms with Gasteiger partial charge in [0.05, 0.1) is 0 Å². The molecule has 0 atom stereocenters. The minimum atomic E-state index is -0.664. The number of aromatic nitrogens is 3. The van der Waals surface area contributed by atoms with E-state index in [0.717, 1.165) is 0 Å². The molecular formula is C10H9FN4O. The fraction of sp³-hybridized carbons (Fsp3) is 0.100. The normalized spacial score (nSPS) is 10.3. The predicted molar refractivity (Wildman–Crippen MR) is 55.1 cm³/mol. The van der Waals surface area contributed by atoms with E-state index in [-0.39, 0.29) is 5.56 Å². The second kappa shape index (κ2) is 4.09. The molecule has 1 amide bonds. The van der Waals surface area contributed by atoms with Crippen LogP contribution in [0.4, 0.5) is 4.39 Å². The van der Waals surface area contributed by atoms with Gasteiger partial charge in [-0.05, 0) is 23.8 Å². The molecule has 16 heavy (non-hydrogen) atoms. The minimum absolute atomic E-state index is 0.251. The first kappa shape index (κ1) is 10.3. The van der Waals surface area contributed by atoms with Gasteiger partial charge in [-0.1, -0.05) is 0 Å². The molecule has 0 saturated heterocycles. The number of nitrogens with two attached hydrogens (primary N) is 1. The van der Waals surface area contributed by atoms with Crippen molar-refractivity contribution in [2.24, 2.45) is 5.73 Å². The average Bonchev–Trinajstić information content (AvgIpc) is 2.81. The van der Waals surface area contributed by atoms with Gasteiger partial charge in [0, 0.05) is 11.1 Å². The number of carbonyl (C=O) groups is 1. The summed E-state index contributed by atoms with van der Waals surface area (Å²) in [5, 5.41) is 6.32. The zero-order valence-electron chi connectivity index (χ0n) is 8.27. The zero-order valence-corrected chi connectivity index (χ0v) is 8.27. The Labute approximate surface area is 90.5 Å². The van der Waals surface area contributed by atoms with Crippen molar-refractivity contribution < 1.29 is 9.18 Å². The number of H-pyrrole nitrogens is 1. The standard InChI is InChI=1S/C10H9FN4O/c11-4-6-1-7(9(12)16)3-8(2-6)10-13-5-14-15-10/h1-3,5H,4H2,(H2,12,16)(H,13,14,15). The highest BCUT2D eigenvalue weighted by atomic mass is 19.1. The molecule has 1 heterocycles. The summed E-state index contributed by atoms with van der Waals surface area (Å²) in [6.07, 6.45) is 1.33. The molecule has 82 valence electrons. The zero-order chi connectivity index (χ0) is 11.5. The van der Waals surface area contributed by atoms with Gasteiger partial charge in [-0.3, -0.25) is 9.89 Å². The minimum Gasteiger partial charge on any atom is -0.366 e. The molecule has 0 aliphatic rings. The summed E-state index contributed by atoms with van der Waals surface area (Å²) in [7, 11) is 0. The lowest BCUT2D eigenvalue weighted by Crippen LogP contribution is -2.11. The predicted octanol–water partition coefficient (Wildman–Crippen LogP) is 1.04. The average molecular weight is 220 g/mol. The smallest absolute Gasteiger partial charge is 0.248 e. The molecule has 2 rings (SSSR count). The summed E-state index contributed by atoms with van der Waals surface area (Å²) in [4.78, 5) is 15.0. The third kappa shape index (κ3) is 1.90. The number of nitrogens with one attached hydrogen (secondary N) is 1. The summed E-state index contributed by atoms with van der Waals surface area (Å²) >= 11 is 0. The van der Waals surface area contributed by atoms with E-state index in [1.54, 1.807) is 12.1 Å². The Bertz CT molecular complexity index is 510. The van der Waals surface area contributed by atoms with E-state index in [2.05, 4.69) is 15.2 Å². The number of halogens is 1. The Hall–Kier alpha value is -2.24. The van der Waals surface area contributed by atoms with E-state index < -0.39 is 12.6 Å². The molecule has 0 aliphatic heterocycles. The molecule has 0 unspecified atom stereocenters. The highest BCUT2D eigenvalue weighted by Gasteiger charge is 2.08. The molecule has 1 aromatic carbocycles. The number of benzene rings is 1. The van der Waals surface area contributed by atoms with E-state index >= 15 is 0 Å². The van der Waals surface area contributed by atoms with Crippen molar-refractivity contribution in [3.8, 4) is 11.4 Å². The molecule has 2 aromatic rings. The van der Waals surface area contributed by atoms with Crippen molar-refractivity contribution in [3.05, 3.63) is 35.7 Å². The molecule has 6 heteroatoms. The van der Waals surface area contributed by atoms with Crippen LogP contribution in [0.2, 0.25) is 0 Å². The van der Waals surface area contributed by atoms with Crippen LogP contribution in [-0.4, -0.2) is 21.1 Å². The number of primary amides is 1. The van der Waals surface area contributed by atoms with Gasteiger partial charge < -0.3 is 5.73 Å². The topological polar surface area (TPSA) is 84.7 Å². The second-order valence-corrected chi connectivity index (χ2v) is 3.25. The Kier molecular flexibility index (Phi) is 2.63. The molecule has 5 nitrogen and oxygen atoms in total. The molecule has 0 fully saturated rings. The fourth-order valence-electron chi connectivity index (χ4n) is 1.39. The van der Waals surface area contributed by atoms with Crippen molar-refractivity contribution in [2.45, 2.75) is 6.67 Å². The number of aromatic amines is 1. The number of rotatable bonds is 3. The van der Waals surface area contributed by atoms with Crippen LogP contribution < -0.4 is 5.73 Å². The quantitative estimate of drug-likeness (QED) is 0.810. The molecule has 0 radical (unpaired) electrons. The van der Waals surface area contributed by atoms with E-state index in [1.165, 1.54) is 12.4 Å². The lowest BCUT2D eigenvalue weighted by molar-refractivity contribution is 0.1000. The van der Waals surface area contributed by atoms with E-state index in [4.69, 9.17) is 5.73 Å². The first-order valence-corrected chi connectivity index (χ1v) is 4.56. The van der Waals surface area contributed by atoms with Crippen molar-refractivity contribution in [2.75, 3.05) is 0 Å². The van der Waals surface area contributed by atoms with Crippen LogP contribution in [0.5, 0.6) is 0 Å². The Morgan fingerprint density at radius 2 is 2.25 bits per heavy atom. The van der Waals surface area contributed by atoms with Crippen molar-refractivity contribution in [1.29, 1.82) is 0 Å². The number of alkyl halides is 1. The van der Waals surface area contributed by atoms with Crippen molar-refractivity contribution in [3.63, 3.8) is 0 Å². The summed E-state index contributed by atoms with van der Waals surface area (Å²) in [6, 6.07) is 4.55. The summed E-state index contributed by atoms with van der Waals surface area (Å²) < 4.78 is 12.6. The van der Waals surface area contributed by atoms with Crippen molar-refractivity contribution in [1.82, 2.24) is 15.2 Å². The van der Waals surface area contributed by atoms with Gasteiger partial charge in [0.15, 0.2) is 5.82 Å². The van der Waals surface area contributed by atoms with E-state index in [0.29, 0.717) is 17.0 Å².